The summed E-state index contributed by atoms with van der Waals surface area (Å²) in [5.41, 5.74) is 3.37. The van der Waals surface area contributed by atoms with E-state index in [4.69, 9.17) is 4.42 Å². The van der Waals surface area contributed by atoms with Gasteiger partial charge < -0.3 is 13.9 Å². The number of quaternary nitrogens is 1. The van der Waals surface area contributed by atoms with Crippen molar-refractivity contribution in [3.8, 4) is 11.1 Å². The normalized spacial score (nSPS) is 22.4. The molecule has 4 heterocycles. The number of rotatable bonds is 3. The van der Waals surface area contributed by atoms with Crippen LogP contribution in [0.3, 0.4) is 0 Å². The quantitative estimate of drug-likeness (QED) is 0.555. The Kier molecular flexibility index (Phi) is 4.32. The van der Waals surface area contributed by atoms with E-state index >= 15 is 0 Å². The lowest BCUT2D eigenvalue weighted by Gasteiger charge is -2.41. The van der Waals surface area contributed by atoms with E-state index in [2.05, 4.69) is 12.1 Å². The maximum Gasteiger partial charge on any atom is 0.250 e. The third-order valence-electron chi connectivity index (χ3n) is 6.85. The van der Waals surface area contributed by atoms with E-state index in [1.807, 2.05) is 34.9 Å². The Hall–Kier alpha value is -3.18. The van der Waals surface area contributed by atoms with Crippen LogP contribution in [-0.2, 0) is 13.1 Å². The molecule has 2 bridgehead atoms. The number of pyridine rings is 1. The first-order valence-electron chi connectivity index (χ1n) is 11.0. The van der Waals surface area contributed by atoms with E-state index in [9.17, 15) is 9.18 Å². The third-order valence-corrected chi connectivity index (χ3v) is 6.85. The van der Waals surface area contributed by atoms with Gasteiger partial charge in [0.15, 0.2) is 5.76 Å². The lowest BCUT2D eigenvalue weighted by atomic mass is 9.80. The van der Waals surface area contributed by atoms with Gasteiger partial charge in [-0.2, -0.15) is 0 Å². The predicted octanol–water partition coefficient (Wildman–Crippen LogP) is 3.60. The van der Waals surface area contributed by atoms with Gasteiger partial charge in [-0.05, 0) is 30.7 Å². The average molecular weight is 415 g/mol. The van der Waals surface area contributed by atoms with Crippen LogP contribution < -0.4 is 10.5 Å². The number of aromatic nitrogens is 1. The van der Waals surface area contributed by atoms with Gasteiger partial charge in [0.2, 0.25) is 0 Å². The third kappa shape index (κ3) is 3.20. The maximum atomic E-state index is 14.6. The molecule has 3 atom stereocenters. The minimum absolute atomic E-state index is 0.0190. The summed E-state index contributed by atoms with van der Waals surface area (Å²) in [6.07, 6.45) is 1.05. The van der Waals surface area contributed by atoms with Crippen molar-refractivity contribution in [1.29, 1.82) is 0 Å². The first kappa shape index (κ1) is 18.6. The summed E-state index contributed by atoms with van der Waals surface area (Å²) >= 11 is 0. The Morgan fingerprint density at radius 3 is 2.71 bits per heavy atom. The van der Waals surface area contributed by atoms with Crippen LogP contribution in [0, 0.1) is 11.7 Å². The fraction of sp³-hybridized carbons (Fsp3) is 0.269. The van der Waals surface area contributed by atoms with Crippen LogP contribution >= 0.6 is 0 Å². The summed E-state index contributed by atoms with van der Waals surface area (Å²) in [5.74, 6) is 1.43. The molecule has 1 unspecified atom stereocenters. The molecule has 4 aromatic rings. The average Bonchev–Trinajstić information content (AvgIpc) is 3.17. The molecule has 1 saturated heterocycles. The number of furan rings is 1. The molecule has 6 rings (SSSR count). The number of halogens is 1. The number of para-hydroxylation sites is 1. The van der Waals surface area contributed by atoms with Crippen molar-refractivity contribution < 1.29 is 13.7 Å². The summed E-state index contributed by atoms with van der Waals surface area (Å²) in [6, 6.07) is 20.5. The first-order valence-corrected chi connectivity index (χ1v) is 11.0. The van der Waals surface area contributed by atoms with Gasteiger partial charge in [-0.1, -0.05) is 36.4 Å². The lowest BCUT2D eigenvalue weighted by molar-refractivity contribution is -0.925. The lowest BCUT2D eigenvalue weighted by Crippen LogP contribution is -3.13. The van der Waals surface area contributed by atoms with Gasteiger partial charge in [0, 0.05) is 46.7 Å². The van der Waals surface area contributed by atoms with Crippen LogP contribution in [0.25, 0.3) is 22.1 Å². The van der Waals surface area contributed by atoms with Gasteiger partial charge >= 0.3 is 0 Å². The van der Waals surface area contributed by atoms with Crippen molar-refractivity contribution in [3.63, 3.8) is 0 Å². The van der Waals surface area contributed by atoms with Crippen molar-refractivity contribution in [2.75, 3.05) is 13.1 Å². The summed E-state index contributed by atoms with van der Waals surface area (Å²) < 4.78 is 22.6. The smallest absolute Gasteiger partial charge is 0.250 e. The van der Waals surface area contributed by atoms with Crippen LogP contribution in [0.1, 0.15) is 23.8 Å². The van der Waals surface area contributed by atoms with E-state index in [1.165, 1.54) is 11.0 Å². The maximum absolute atomic E-state index is 14.6. The second-order valence-electron chi connectivity index (χ2n) is 8.95. The predicted molar refractivity (Wildman–Crippen MR) is 118 cm³/mol. The highest BCUT2D eigenvalue weighted by Gasteiger charge is 2.39. The minimum atomic E-state index is -0.242. The van der Waals surface area contributed by atoms with Crippen molar-refractivity contribution >= 4 is 11.0 Å². The first-order chi connectivity index (χ1) is 15.2. The van der Waals surface area contributed by atoms with Crippen molar-refractivity contribution in [1.82, 2.24) is 4.57 Å². The van der Waals surface area contributed by atoms with Gasteiger partial charge in [-0.15, -0.1) is 0 Å². The molecular weight excluding hydrogens is 391 g/mol. The number of benzene rings is 2. The fourth-order valence-electron chi connectivity index (χ4n) is 5.66. The van der Waals surface area contributed by atoms with Crippen LogP contribution in [0.2, 0.25) is 0 Å². The largest absolute Gasteiger partial charge is 0.455 e. The van der Waals surface area contributed by atoms with Crippen LogP contribution in [0.4, 0.5) is 4.39 Å². The zero-order valence-electron chi connectivity index (χ0n) is 17.2. The van der Waals surface area contributed by atoms with E-state index in [0.29, 0.717) is 18.0 Å². The van der Waals surface area contributed by atoms with Crippen LogP contribution in [0.15, 0.2) is 75.9 Å². The summed E-state index contributed by atoms with van der Waals surface area (Å²) in [7, 11) is 0. The summed E-state index contributed by atoms with van der Waals surface area (Å²) in [6.45, 7) is 3.46. The van der Waals surface area contributed by atoms with E-state index in [0.717, 1.165) is 54.0 Å². The second-order valence-corrected chi connectivity index (χ2v) is 8.95. The Morgan fingerprint density at radius 1 is 1.00 bits per heavy atom. The molecule has 0 radical (unpaired) electrons. The topological polar surface area (TPSA) is 39.6 Å². The number of hydrogen-bond acceptors (Lipinski definition) is 2. The number of piperidine rings is 1. The Bertz CT molecular complexity index is 1310. The Balaban J connectivity index is 1.36. The number of nitrogens with zero attached hydrogens (tertiary/aromatic N) is 1. The van der Waals surface area contributed by atoms with Gasteiger partial charge in [-0.3, -0.25) is 4.79 Å². The molecule has 31 heavy (non-hydrogen) atoms. The SMILES string of the molecule is O=c1ccc(-c2ccccc2F)c2n1C[C@H]1C[C@@H]2C[NH+](Cc2cc3ccccc3o2)C1. The van der Waals surface area contributed by atoms with Crippen LogP contribution in [0.5, 0.6) is 0 Å². The second kappa shape index (κ2) is 7.20. The highest BCUT2D eigenvalue weighted by Crippen LogP contribution is 2.37. The molecule has 156 valence electrons. The Morgan fingerprint density at radius 2 is 1.84 bits per heavy atom. The molecule has 2 aliphatic heterocycles. The molecule has 2 aromatic heterocycles. The van der Waals surface area contributed by atoms with Gasteiger partial charge in [-0.25, -0.2) is 4.39 Å². The fourth-order valence-corrected chi connectivity index (χ4v) is 5.66. The molecule has 1 N–H and O–H groups in total. The van der Waals surface area contributed by atoms with E-state index in [1.54, 1.807) is 18.2 Å². The molecule has 5 heteroatoms. The van der Waals surface area contributed by atoms with Crippen molar-refractivity contribution in [2.45, 2.75) is 25.4 Å². The van der Waals surface area contributed by atoms with Gasteiger partial charge in [0.25, 0.3) is 5.56 Å². The molecule has 4 nitrogen and oxygen atoms in total. The molecule has 2 aromatic carbocycles. The molecule has 0 spiro atoms. The zero-order chi connectivity index (χ0) is 20.9. The number of likely N-dealkylation sites (tertiary alicyclic amines) is 1. The number of nitrogens with one attached hydrogen (secondary N) is 1. The van der Waals surface area contributed by atoms with E-state index in [-0.39, 0.29) is 17.3 Å². The van der Waals surface area contributed by atoms with E-state index < -0.39 is 0 Å². The van der Waals surface area contributed by atoms with Crippen molar-refractivity contribution in [3.05, 3.63) is 94.4 Å². The molecular formula is C26H24FN2O2+. The number of hydrogen-bond donors (Lipinski definition) is 1. The molecule has 0 aliphatic carbocycles. The molecule has 0 saturated carbocycles. The summed E-state index contributed by atoms with van der Waals surface area (Å²) in [4.78, 5) is 14.1. The highest BCUT2D eigenvalue weighted by molar-refractivity contribution is 5.77. The Labute approximate surface area is 179 Å². The monoisotopic (exact) mass is 415 g/mol. The van der Waals surface area contributed by atoms with Gasteiger partial charge in [0.1, 0.15) is 17.9 Å². The number of fused-ring (bicyclic) bond motifs is 5. The van der Waals surface area contributed by atoms with Crippen molar-refractivity contribution in [2.24, 2.45) is 5.92 Å². The highest BCUT2D eigenvalue weighted by atomic mass is 19.1. The molecule has 0 amide bonds. The summed E-state index contributed by atoms with van der Waals surface area (Å²) in [5, 5.41) is 1.13. The molecule has 2 aliphatic rings. The standard InChI is InChI=1S/C26H23FN2O2/c27-23-7-3-2-6-21(23)22-9-10-25(30)29-14-17-11-19(26(22)29)15-28(13-17)16-20-12-18-5-1-4-8-24(18)31-20/h1-10,12,17,19H,11,13-16H2/p+1/t17-,19+/m0/s1. The van der Waals surface area contributed by atoms with Crippen LogP contribution in [-0.4, -0.2) is 17.7 Å². The minimum Gasteiger partial charge on any atom is -0.455 e. The zero-order valence-corrected chi connectivity index (χ0v) is 17.2. The van der Waals surface area contributed by atoms with Gasteiger partial charge in [0.05, 0.1) is 13.1 Å². The molecule has 1 fully saturated rings.